The number of carbonyl (C=O) groups excluding carboxylic acids is 3. The first-order valence-corrected chi connectivity index (χ1v) is 10.3. The van der Waals surface area contributed by atoms with E-state index in [2.05, 4.69) is 21.2 Å². The Labute approximate surface area is 199 Å². The predicted octanol–water partition coefficient (Wildman–Crippen LogP) is 3.89. The molecule has 0 bridgehead atoms. The minimum absolute atomic E-state index is 0.122. The number of rotatable bonds is 6. The molecule has 1 aliphatic rings. The Bertz CT molecular complexity index is 1180. The first-order chi connectivity index (χ1) is 15.1. The summed E-state index contributed by atoms with van der Waals surface area (Å²) < 4.78 is 10.7. The highest BCUT2D eigenvalue weighted by Crippen LogP contribution is 2.37. The van der Waals surface area contributed by atoms with Crippen molar-refractivity contribution in [3.8, 4) is 11.5 Å². The maximum absolute atomic E-state index is 13.0. The van der Waals surface area contributed by atoms with Crippen LogP contribution in [-0.4, -0.2) is 42.6 Å². The van der Waals surface area contributed by atoms with E-state index in [-0.39, 0.29) is 32.8 Å². The maximum atomic E-state index is 13.0. The van der Waals surface area contributed by atoms with Crippen molar-refractivity contribution in [3.63, 3.8) is 0 Å². The molecule has 0 aromatic heterocycles. The summed E-state index contributed by atoms with van der Waals surface area (Å²) in [5, 5.41) is 11.3. The van der Waals surface area contributed by atoms with E-state index in [4.69, 9.17) is 37.8 Å². The van der Waals surface area contributed by atoms with E-state index in [1.54, 1.807) is 0 Å². The van der Waals surface area contributed by atoms with Crippen LogP contribution in [0.15, 0.2) is 40.4 Å². The summed E-state index contributed by atoms with van der Waals surface area (Å²) in [6.45, 7) is -0.600. The van der Waals surface area contributed by atoms with E-state index in [1.807, 2.05) is 0 Å². The summed E-state index contributed by atoms with van der Waals surface area (Å²) in [7, 11) is 1.34. The molecule has 3 rings (SSSR count). The third kappa shape index (κ3) is 4.87. The van der Waals surface area contributed by atoms with Crippen LogP contribution >= 0.6 is 39.1 Å². The first kappa shape index (κ1) is 23.6. The van der Waals surface area contributed by atoms with Gasteiger partial charge < -0.3 is 14.6 Å². The van der Waals surface area contributed by atoms with Crippen molar-refractivity contribution in [2.24, 2.45) is 0 Å². The molecular formula is C20H13BrCl2N2O7. The van der Waals surface area contributed by atoms with Gasteiger partial charge in [0.15, 0.2) is 18.1 Å². The molecule has 0 radical (unpaired) electrons. The van der Waals surface area contributed by atoms with E-state index in [9.17, 15) is 19.2 Å². The fourth-order valence-electron chi connectivity index (χ4n) is 2.78. The van der Waals surface area contributed by atoms with Crippen molar-refractivity contribution in [2.45, 2.75) is 0 Å². The molecule has 1 saturated heterocycles. The van der Waals surface area contributed by atoms with E-state index in [1.165, 1.54) is 43.5 Å². The number of hydrogen-bond acceptors (Lipinski definition) is 6. The lowest BCUT2D eigenvalue weighted by Crippen LogP contribution is -2.54. The maximum Gasteiger partial charge on any atom is 0.341 e. The number of methoxy groups -OCH3 is 1. The van der Waals surface area contributed by atoms with Crippen molar-refractivity contribution in [1.82, 2.24) is 5.32 Å². The molecule has 0 atom stereocenters. The standard InChI is InChI=1S/C20H13BrCl2N2O7/c1-31-15-6-9(5-12(21)17(15)32-8-16(26)27)4-11-18(28)24-20(30)25(19(11)29)10-2-3-13(22)14(23)7-10/h2-7H,8H2,1H3,(H,26,27)(H,24,28,30)/b11-4+. The third-order valence-electron chi connectivity index (χ3n) is 4.17. The van der Waals surface area contributed by atoms with Crippen LogP contribution in [0.25, 0.3) is 6.08 Å². The summed E-state index contributed by atoms with van der Waals surface area (Å²) in [5.74, 6) is -2.66. The van der Waals surface area contributed by atoms with E-state index in [0.29, 0.717) is 10.0 Å². The number of nitrogens with one attached hydrogen (secondary N) is 1. The molecule has 166 valence electrons. The van der Waals surface area contributed by atoms with Gasteiger partial charge in [-0.25, -0.2) is 14.5 Å². The summed E-state index contributed by atoms with van der Waals surface area (Å²) in [5.41, 5.74) is 0.138. The molecule has 0 aliphatic carbocycles. The number of urea groups is 1. The predicted molar refractivity (Wildman–Crippen MR) is 119 cm³/mol. The molecule has 9 nitrogen and oxygen atoms in total. The second kappa shape index (κ2) is 9.60. The quantitative estimate of drug-likeness (QED) is 0.418. The Morgan fingerprint density at radius 1 is 1.19 bits per heavy atom. The zero-order valence-corrected chi connectivity index (χ0v) is 19.2. The number of ether oxygens (including phenoxy) is 2. The van der Waals surface area contributed by atoms with Gasteiger partial charge in [-0.3, -0.25) is 14.9 Å². The third-order valence-corrected chi connectivity index (χ3v) is 5.49. The number of carboxylic acids is 1. The van der Waals surface area contributed by atoms with Crippen molar-refractivity contribution >= 4 is 74.7 Å². The van der Waals surface area contributed by atoms with Crippen molar-refractivity contribution < 1.29 is 33.8 Å². The molecule has 1 heterocycles. The number of anilines is 1. The minimum Gasteiger partial charge on any atom is -0.493 e. The van der Waals surface area contributed by atoms with Gasteiger partial charge in [-0.05, 0) is 57.9 Å². The van der Waals surface area contributed by atoms with E-state index >= 15 is 0 Å². The number of hydrogen-bond donors (Lipinski definition) is 2. The highest BCUT2D eigenvalue weighted by atomic mass is 79.9. The highest BCUT2D eigenvalue weighted by Gasteiger charge is 2.37. The molecular weight excluding hydrogens is 531 g/mol. The first-order valence-electron chi connectivity index (χ1n) is 8.71. The molecule has 1 aliphatic heterocycles. The highest BCUT2D eigenvalue weighted by molar-refractivity contribution is 9.10. The molecule has 4 amide bonds. The average molecular weight is 544 g/mol. The number of carbonyl (C=O) groups is 4. The number of aliphatic carboxylic acids is 1. The Balaban J connectivity index is 2.01. The molecule has 1 fully saturated rings. The van der Waals surface area contributed by atoms with Crippen LogP contribution in [-0.2, 0) is 14.4 Å². The summed E-state index contributed by atoms with van der Waals surface area (Å²) in [6.07, 6.45) is 1.25. The second-order valence-corrected chi connectivity index (χ2v) is 7.94. The molecule has 12 heteroatoms. The molecule has 2 aromatic carbocycles. The normalized spacial score (nSPS) is 15.1. The van der Waals surface area contributed by atoms with Gasteiger partial charge in [0.05, 0.1) is 27.3 Å². The Morgan fingerprint density at radius 3 is 2.53 bits per heavy atom. The van der Waals surface area contributed by atoms with Gasteiger partial charge in [0.1, 0.15) is 5.57 Å². The fourth-order valence-corrected chi connectivity index (χ4v) is 3.65. The smallest absolute Gasteiger partial charge is 0.341 e. The van der Waals surface area contributed by atoms with E-state index < -0.39 is 30.4 Å². The monoisotopic (exact) mass is 542 g/mol. The molecule has 0 spiro atoms. The van der Waals surface area contributed by atoms with Crippen molar-refractivity contribution in [2.75, 3.05) is 18.6 Å². The average Bonchev–Trinajstić information content (AvgIpc) is 2.72. The molecule has 2 N–H and O–H groups in total. The van der Waals surface area contributed by atoms with Crippen molar-refractivity contribution in [3.05, 3.63) is 56.0 Å². The Hall–Kier alpha value is -3.08. The van der Waals surface area contributed by atoms with Gasteiger partial charge in [0.25, 0.3) is 11.8 Å². The van der Waals surface area contributed by atoms with Crippen LogP contribution < -0.4 is 19.7 Å². The number of nitrogens with zero attached hydrogens (tertiary/aromatic N) is 1. The van der Waals surface area contributed by atoms with Gasteiger partial charge in [0, 0.05) is 0 Å². The molecule has 0 saturated carbocycles. The Kier molecular flexibility index (Phi) is 7.07. The van der Waals surface area contributed by atoms with Gasteiger partial charge in [-0.2, -0.15) is 0 Å². The Morgan fingerprint density at radius 2 is 1.91 bits per heavy atom. The lowest BCUT2D eigenvalue weighted by atomic mass is 10.1. The zero-order valence-electron chi connectivity index (χ0n) is 16.1. The van der Waals surface area contributed by atoms with Gasteiger partial charge >= 0.3 is 12.0 Å². The van der Waals surface area contributed by atoms with Crippen LogP contribution in [0, 0.1) is 0 Å². The zero-order chi connectivity index (χ0) is 23.6. The summed E-state index contributed by atoms with van der Waals surface area (Å²) in [6, 6.07) is 6.14. The van der Waals surface area contributed by atoms with Crippen molar-refractivity contribution in [1.29, 1.82) is 0 Å². The van der Waals surface area contributed by atoms with Gasteiger partial charge in [0.2, 0.25) is 0 Å². The number of barbiturate groups is 1. The van der Waals surface area contributed by atoms with Crippen LogP contribution in [0.4, 0.5) is 10.5 Å². The lowest BCUT2D eigenvalue weighted by Gasteiger charge is -2.26. The van der Waals surface area contributed by atoms with Crippen LogP contribution in [0.2, 0.25) is 10.0 Å². The van der Waals surface area contributed by atoms with Gasteiger partial charge in [-0.15, -0.1) is 0 Å². The lowest BCUT2D eigenvalue weighted by molar-refractivity contribution is -0.139. The van der Waals surface area contributed by atoms with Crippen LogP contribution in [0.5, 0.6) is 11.5 Å². The topological polar surface area (TPSA) is 122 Å². The van der Waals surface area contributed by atoms with Crippen LogP contribution in [0.3, 0.4) is 0 Å². The van der Waals surface area contributed by atoms with E-state index in [0.717, 1.165) is 4.90 Å². The minimum atomic E-state index is -1.18. The molecule has 32 heavy (non-hydrogen) atoms. The fraction of sp³-hybridized carbons (Fsp3) is 0.100. The summed E-state index contributed by atoms with van der Waals surface area (Å²) in [4.78, 5) is 49.2. The second-order valence-electron chi connectivity index (χ2n) is 6.27. The number of imide groups is 2. The largest absolute Gasteiger partial charge is 0.493 e. The molecule has 0 unspecified atom stereocenters. The SMILES string of the molecule is COc1cc(/C=C2\C(=O)NC(=O)N(c3ccc(Cl)c(Cl)c3)C2=O)cc(Br)c1OCC(=O)O. The number of benzene rings is 2. The number of carboxylic acid groups (broad SMARTS) is 1. The number of halogens is 3. The van der Waals surface area contributed by atoms with Crippen LogP contribution in [0.1, 0.15) is 5.56 Å². The number of amides is 4. The summed E-state index contributed by atoms with van der Waals surface area (Å²) >= 11 is 15.1. The van der Waals surface area contributed by atoms with Gasteiger partial charge in [-0.1, -0.05) is 23.2 Å². The molecule has 2 aromatic rings.